The summed E-state index contributed by atoms with van der Waals surface area (Å²) in [5, 5.41) is 0. The summed E-state index contributed by atoms with van der Waals surface area (Å²) in [5.74, 6) is 1.11. The Morgan fingerprint density at radius 1 is 1.08 bits per heavy atom. The molecule has 2 aromatic rings. The van der Waals surface area contributed by atoms with E-state index in [1.807, 2.05) is 56.3 Å². The molecule has 0 aromatic heterocycles. The number of hydrogen-bond acceptors (Lipinski definition) is 5. The van der Waals surface area contributed by atoms with Gasteiger partial charge in [0.05, 0.1) is 13.2 Å². The summed E-state index contributed by atoms with van der Waals surface area (Å²) in [7, 11) is 0. The van der Waals surface area contributed by atoms with Crippen LogP contribution in [-0.4, -0.2) is 25.1 Å². The van der Waals surface area contributed by atoms with E-state index in [0.717, 1.165) is 15.6 Å². The lowest BCUT2D eigenvalue weighted by Gasteiger charge is -2.11. The maximum Gasteiger partial charge on any atom is 0.363 e. The van der Waals surface area contributed by atoms with Gasteiger partial charge in [0.15, 0.2) is 17.2 Å². The molecule has 3 rings (SSSR count). The highest BCUT2D eigenvalue weighted by atomic mass is 79.9. The van der Waals surface area contributed by atoms with E-state index in [2.05, 4.69) is 20.9 Å². The predicted molar refractivity (Wildman–Crippen MR) is 104 cm³/mol. The molecule has 26 heavy (non-hydrogen) atoms. The van der Waals surface area contributed by atoms with E-state index >= 15 is 0 Å². The molecule has 6 heteroatoms. The van der Waals surface area contributed by atoms with Gasteiger partial charge in [0, 0.05) is 10.0 Å². The third-order valence-corrected chi connectivity index (χ3v) is 4.06. The van der Waals surface area contributed by atoms with Gasteiger partial charge < -0.3 is 14.2 Å². The number of cyclic esters (lactones) is 1. The van der Waals surface area contributed by atoms with Crippen LogP contribution < -0.4 is 9.47 Å². The van der Waals surface area contributed by atoms with Gasteiger partial charge in [-0.25, -0.2) is 9.79 Å². The van der Waals surface area contributed by atoms with Gasteiger partial charge in [-0.05, 0) is 55.8 Å². The second-order valence-electron chi connectivity index (χ2n) is 5.42. The van der Waals surface area contributed by atoms with Crippen molar-refractivity contribution in [2.75, 3.05) is 13.2 Å². The number of benzene rings is 2. The lowest BCUT2D eigenvalue weighted by Crippen LogP contribution is -2.05. The average molecular weight is 416 g/mol. The Kier molecular flexibility index (Phi) is 5.73. The summed E-state index contributed by atoms with van der Waals surface area (Å²) in [4.78, 5) is 16.5. The van der Waals surface area contributed by atoms with Gasteiger partial charge in [0.2, 0.25) is 5.90 Å². The molecule has 0 fully saturated rings. The van der Waals surface area contributed by atoms with E-state index in [1.54, 1.807) is 6.08 Å². The Morgan fingerprint density at radius 3 is 2.58 bits per heavy atom. The highest BCUT2D eigenvalue weighted by Crippen LogP contribution is 2.30. The molecule has 1 aliphatic rings. The first kappa shape index (κ1) is 18.2. The van der Waals surface area contributed by atoms with E-state index in [0.29, 0.717) is 30.6 Å². The Hall–Kier alpha value is -2.60. The topological polar surface area (TPSA) is 57.1 Å². The van der Waals surface area contributed by atoms with Crippen molar-refractivity contribution in [2.24, 2.45) is 4.99 Å². The number of esters is 1. The first-order chi connectivity index (χ1) is 12.6. The first-order valence-corrected chi connectivity index (χ1v) is 9.08. The summed E-state index contributed by atoms with van der Waals surface area (Å²) in [6.45, 7) is 4.89. The molecular formula is C20H18BrNO4. The number of carbonyl (C=O) groups excluding carboxylic acids is 1. The van der Waals surface area contributed by atoms with Crippen LogP contribution in [0.15, 0.2) is 57.6 Å². The SMILES string of the molecule is CCOc1ccc(/C=C2/N=C(c3cccc(Br)c3)OC2=O)cc1OCC. The van der Waals surface area contributed by atoms with Crippen LogP contribution in [0, 0.1) is 0 Å². The van der Waals surface area contributed by atoms with Crippen molar-refractivity contribution in [3.63, 3.8) is 0 Å². The second-order valence-corrected chi connectivity index (χ2v) is 6.33. The lowest BCUT2D eigenvalue weighted by molar-refractivity contribution is -0.129. The first-order valence-electron chi connectivity index (χ1n) is 8.29. The zero-order valence-corrected chi connectivity index (χ0v) is 16.1. The fraction of sp³-hybridized carbons (Fsp3) is 0.200. The Bertz CT molecular complexity index is 889. The minimum atomic E-state index is -0.480. The zero-order valence-electron chi connectivity index (χ0n) is 14.5. The molecule has 5 nitrogen and oxygen atoms in total. The molecule has 0 radical (unpaired) electrons. The molecular weight excluding hydrogens is 398 g/mol. The molecule has 0 saturated carbocycles. The summed E-state index contributed by atoms with van der Waals surface area (Å²) in [6, 6.07) is 12.9. The quantitative estimate of drug-likeness (QED) is 0.511. The minimum absolute atomic E-state index is 0.242. The zero-order chi connectivity index (χ0) is 18.5. The van der Waals surface area contributed by atoms with Gasteiger partial charge in [0.1, 0.15) is 0 Å². The van der Waals surface area contributed by atoms with Crippen molar-refractivity contribution in [2.45, 2.75) is 13.8 Å². The Labute approximate surface area is 160 Å². The molecule has 0 amide bonds. The van der Waals surface area contributed by atoms with Crippen LogP contribution in [0.1, 0.15) is 25.0 Å². The maximum absolute atomic E-state index is 12.2. The van der Waals surface area contributed by atoms with Gasteiger partial charge in [-0.2, -0.15) is 0 Å². The maximum atomic E-state index is 12.2. The van der Waals surface area contributed by atoms with Crippen LogP contribution >= 0.6 is 15.9 Å². The second kappa shape index (κ2) is 8.19. The van der Waals surface area contributed by atoms with E-state index < -0.39 is 5.97 Å². The molecule has 2 aromatic carbocycles. The number of ether oxygens (including phenoxy) is 3. The largest absolute Gasteiger partial charge is 0.490 e. The van der Waals surface area contributed by atoms with Crippen LogP contribution in [0.4, 0.5) is 0 Å². The van der Waals surface area contributed by atoms with Crippen LogP contribution in [0.3, 0.4) is 0 Å². The third kappa shape index (κ3) is 4.14. The van der Waals surface area contributed by atoms with E-state index in [-0.39, 0.29) is 5.70 Å². The molecule has 0 atom stereocenters. The number of carbonyl (C=O) groups is 1. The normalized spacial score (nSPS) is 15.0. The number of aliphatic imine (C=N–C) groups is 1. The monoisotopic (exact) mass is 415 g/mol. The molecule has 0 aliphatic carbocycles. The summed E-state index contributed by atoms with van der Waals surface area (Å²) < 4.78 is 17.3. The van der Waals surface area contributed by atoms with Crippen LogP contribution in [0.2, 0.25) is 0 Å². The van der Waals surface area contributed by atoms with Crippen molar-refractivity contribution in [3.8, 4) is 11.5 Å². The van der Waals surface area contributed by atoms with Crippen LogP contribution in [0.5, 0.6) is 11.5 Å². The standard InChI is InChI=1S/C20H18BrNO4/c1-3-24-17-9-8-13(11-18(17)25-4-2)10-16-20(23)26-19(22-16)14-6-5-7-15(21)12-14/h5-12H,3-4H2,1-2H3/b16-10+. The van der Waals surface area contributed by atoms with Crippen molar-refractivity contribution in [1.29, 1.82) is 0 Å². The van der Waals surface area contributed by atoms with Crippen molar-refractivity contribution in [3.05, 3.63) is 63.8 Å². The van der Waals surface area contributed by atoms with E-state index in [1.165, 1.54) is 0 Å². The lowest BCUT2D eigenvalue weighted by atomic mass is 10.1. The van der Waals surface area contributed by atoms with Crippen molar-refractivity contribution in [1.82, 2.24) is 0 Å². The highest BCUT2D eigenvalue weighted by Gasteiger charge is 2.24. The average Bonchev–Trinajstić information content (AvgIpc) is 2.98. The third-order valence-electron chi connectivity index (χ3n) is 3.56. The molecule has 0 unspecified atom stereocenters. The van der Waals surface area contributed by atoms with Crippen LogP contribution in [-0.2, 0) is 9.53 Å². The highest BCUT2D eigenvalue weighted by molar-refractivity contribution is 9.10. The van der Waals surface area contributed by atoms with Crippen molar-refractivity contribution >= 4 is 33.9 Å². The summed E-state index contributed by atoms with van der Waals surface area (Å²) in [5.41, 5.74) is 1.76. The molecule has 1 aliphatic heterocycles. The van der Waals surface area contributed by atoms with Gasteiger partial charge in [-0.3, -0.25) is 0 Å². The fourth-order valence-electron chi connectivity index (χ4n) is 2.47. The number of halogens is 1. The Balaban J connectivity index is 1.91. The molecule has 134 valence electrons. The number of hydrogen-bond donors (Lipinski definition) is 0. The Morgan fingerprint density at radius 2 is 1.85 bits per heavy atom. The van der Waals surface area contributed by atoms with Crippen molar-refractivity contribution < 1.29 is 19.0 Å². The van der Waals surface area contributed by atoms with Crippen LogP contribution in [0.25, 0.3) is 6.08 Å². The minimum Gasteiger partial charge on any atom is -0.490 e. The summed E-state index contributed by atoms with van der Waals surface area (Å²) in [6.07, 6.45) is 1.67. The smallest absolute Gasteiger partial charge is 0.363 e. The molecule has 1 heterocycles. The summed E-state index contributed by atoms with van der Waals surface area (Å²) >= 11 is 3.40. The van der Waals surface area contributed by atoms with E-state index in [9.17, 15) is 4.79 Å². The molecule has 0 N–H and O–H groups in total. The molecule has 0 spiro atoms. The molecule has 0 saturated heterocycles. The van der Waals surface area contributed by atoms with E-state index in [4.69, 9.17) is 14.2 Å². The van der Waals surface area contributed by atoms with Gasteiger partial charge in [-0.15, -0.1) is 0 Å². The predicted octanol–water partition coefficient (Wildman–Crippen LogP) is 4.59. The van der Waals surface area contributed by atoms with Gasteiger partial charge in [0.25, 0.3) is 0 Å². The number of nitrogens with zero attached hydrogens (tertiary/aromatic N) is 1. The van der Waals surface area contributed by atoms with Gasteiger partial charge in [-0.1, -0.05) is 28.1 Å². The number of rotatable bonds is 6. The fourth-order valence-corrected chi connectivity index (χ4v) is 2.87. The van der Waals surface area contributed by atoms with Gasteiger partial charge >= 0.3 is 5.97 Å². The molecule has 0 bridgehead atoms.